The van der Waals surface area contributed by atoms with Crippen LogP contribution in [0.4, 0.5) is 5.95 Å². The topological polar surface area (TPSA) is 78.4 Å². The van der Waals surface area contributed by atoms with Gasteiger partial charge in [-0.15, -0.1) is 0 Å². The number of nitrogens with one attached hydrogen (secondary N) is 1. The minimum absolute atomic E-state index is 0.0655. The molecule has 6 heteroatoms. The van der Waals surface area contributed by atoms with E-state index in [0.717, 1.165) is 67.7 Å². The molecule has 5 atom stereocenters. The van der Waals surface area contributed by atoms with Crippen molar-refractivity contribution in [1.82, 2.24) is 15.3 Å². The van der Waals surface area contributed by atoms with E-state index in [1.807, 2.05) is 0 Å². The van der Waals surface area contributed by atoms with Gasteiger partial charge in [-0.25, -0.2) is 9.97 Å². The van der Waals surface area contributed by atoms with Crippen LogP contribution in [-0.2, 0) is 4.79 Å². The minimum Gasteiger partial charge on any atom is -0.390 e. The van der Waals surface area contributed by atoms with Gasteiger partial charge in [0.2, 0.25) is 11.9 Å². The number of amides is 1. The first-order chi connectivity index (χ1) is 15.4. The molecule has 5 aliphatic rings. The molecular weight excluding hydrogens is 400 g/mol. The van der Waals surface area contributed by atoms with Crippen LogP contribution in [0.1, 0.15) is 56.2 Å². The number of piperidine rings is 1. The molecule has 4 bridgehead atoms. The van der Waals surface area contributed by atoms with Crippen LogP contribution in [0.15, 0.2) is 18.2 Å². The van der Waals surface area contributed by atoms with Gasteiger partial charge in [0, 0.05) is 30.4 Å². The smallest absolute Gasteiger partial charge is 0.226 e. The Labute approximate surface area is 189 Å². The van der Waals surface area contributed by atoms with E-state index >= 15 is 0 Å². The molecule has 2 aromatic rings. The third-order valence-electron chi connectivity index (χ3n) is 8.73. The molecular formula is C26H34N4O2. The largest absolute Gasteiger partial charge is 0.390 e. The second kappa shape index (κ2) is 7.41. The second-order valence-electron chi connectivity index (χ2n) is 11.1. The highest BCUT2D eigenvalue weighted by molar-refractivity contribution is 5.82. The van der Waals surface area contributed by atoms with Crippen LogP contribution in [0.5, 0.6) is 0 Å². The van der Waals surface area contributed by atoms with Crippen molar-refractivity contribution in [3.05, 3.63) is 29.5 Å². The van der Waals surface area contributed by atoms with Crippen LogP contribution in [0.2, 0.25) is 0 Å². The minimum atomic E-state index is -0.445. The van der Waals surface area contributed by atoms with Crippen molar-refractivity contribution in [2.75, 3.05) is 18.0 Å². The Kier molecular flexibility index (Phi) is 4.72. The first kappa shape index (κ1) is 20.4. The highest BCUT2D eigenvalue weighted by Crippen LogP contribution is 2.55. The van der Waals surface area contributed by atoms with Crippen molar-refractivity contribution in [3.63, 3.8) is 0 Å². The van der Waals surface area contributed by atoms with E-state index in [9.17, 15) is 9.90 Å². The van der Waals surface area contributed by atoms with Gasteiger partial charge >= 0.3 is 0 Å². The fraction of sp³-hybridized carbons (Fsp3) is 0.654. The zero-order chi connectivity index (χ0) is 22.0. The lowest BCUT2D eigenvalue weighted by Crippen LogP contribution is -2.62. The third kappa shape index (κ3) is 3.47. The number of hydrogen-bond acceptors (Lipinski definition) is 5. The van der Waals surface area contributed by atoms with Crippen LogP contribution < -0.4 is 10.2 Å². The van der Waals surface area contributed by atoms with Crippen LogP contribution in [0.3, 0.4) is 0 Å². The number of aromatic nitrogens is 2. The molecule has 170 valence electrons. The summed E-state index contributed by atoms with van der Waals surface area (Å²) >= 11 is 0. The van der Waals surface area contributed by atoms with Gasteiger partial charge in [-0.05, 0) is 88.7 Å². The monoisotopic (exact) mass is 434 g/mol. The van der Waals surface area contributed by atoms with Gasteiger partial charge < -0.3 is 15.3 Å². The molecule has 1 saturated heterocycles. The summed E-state index contributed by atoms with van der Waals surface area (Å²) in [6.07, 6.45) is 6.78. The lowest BCUT2D eigenvalue weighted by molar-refractivity contribution is -0.148. The fourth-order valence-electron chi connectivity index (χ4n) is 7.36. The summed E-state index contributed by atoms with van der Waals surface area (Å²) in [6.45, 7) is 5.77. The summed E-state index contributed by atoms with van der Waals surface area (Å²) in [7, 11) is 0. The Hall–Kier alpha value is -2.21. The van der Waals surface area contributed by atoms with E-state index in [0.29, 0.717) is 17.8 Å². The van der Waals surface area contributed by atoms with Crippen LogP contribution in [0.25, 0.3) is 10.9 Å². The molecule has 1 aromatic heterocycles. The molecule has 0 radical (unpaired) electrons. The van der Waals surface area contributed by atoms with Gasteiger partial charge in [-0.1, -0.05) is 11.6 Å². The lowest BCUT2D eigenvalue weighted by atomic mass is 9.52. The number of carbonyl (C=O) groups excluding carboxylic acids is 1. The molecule has 4 aliphatic carbocycles. The summed E-state index contributed by atoms with van der Waals surface area (Å²) in [5, 5.41) is 15.4. The summed E-state index contributed by atoms with van der Waals surface area (Å²) in [5.41, 5.74) is 2.77. The Morgan fingerprint density at radius 3 is 2.50 bits per heavy atom. The van der Waals surface area contributed by atoms with Crippen molar-refractivity contribution in [3.8, 4) is 0 Å². The normalized spacial score (nSPS) is 34.3. The van der Waals surface area contributed by atoms with E-state index in [2.05, 4.69) is 42.3 Å². The summed E-state index contributed by atoms with van der Waals surface area (Å²) in [5.74, 6) is 2.67. The highest BCUT2D eigenvalue weighted by Gasteiger charge is 2.55. The summed E-state index contributed by atoms with van der Waals surface area (Å²) in [4.78, 5) is 25.0. The Bertz CT molecular complexity index is 1050. The average Bonchev–Trinajstić information content (AvgIpc) is 2.75. The van der Waals surface area contributed by atoms with E-state index < -0.39 is 5.60 Å². The molecule has 2 N–H and O–H groups in total. The zero-order valence-electron chi connectivity index (χ0n) is 19.2. The molecule has 5 fully saturated rings. The van der Waals surface area contributed by atoms with E-state index in [-0.39, 0.29) is 17.9 Å². The molecule has 3 unspecified atom stereocenters. The quantitative estimate of drug-likeness (QED) is 0.773. The standard InChI is InChI=1S/C26H34N4O2/c1-15-3-4-22-21(9-15)16(2)27-25(28-22)30-7-5-18(6-8-30)24(31)29-23-19-10-17-11-20(23)14-26(32,12-17)13-19/h3-4,9,17-20,23,32H,5-8,10-14H2,1-2H3,(H,29,31)/t17?,19-,20+,23?,26?. The third-order valence-corrected chi connectivity index (χ3v) is 8.73. The van der Waals surface area contributed by atoms with E-state index in [1.165, 1.54) is 18.4 Å². The van der Waals surface area contributed by atoms with Crippen molar-refractivity contribution in [2.45, 2.75) is 70.4 Å². The van der Waals surface area contributed by atoms with Crippen LogP contribution >= 0.6 is 0 Å². The molecule has 7 rings (SSSR count). The maximum absolute atomic E-state index is 13.2. The average molecular weight is 435 g/mol. The fourth-order valence-corrected chi connectivity index (χ4v) is 7.36. The number of anilines is 1. The van der Waals surface area contributed by atoms with E-state index in [1.54, 1.807) is 0 Å². The van der Waals surface area contributed by atoms with Gasteiger partial charge in [0.15, 0.2) is 0 Å². The SMILES string of the molecule is Cc1ccc2nc(N3CCC(C(=O)NC4[C@@H]5CC6C[C@H]4CC(O)(C6)C5)CC3)nc(C)c2c1. The predicted molar refractivity (Wildman–Crippen MR) is 124 cm³/mol. The summed E-state index contributed by atoms with van der Waals surface area (Å²) < 4.78 is 0. The number of nitrogens with zero attached hydrogens (tertiary/aromatic N) is 3. The Balaban J connectivity index is 1.10. The molecule has 1 aliphatic heterocycles. The number of carbonyl (C=O) groups is 1. The highest BCUT2D eigenvalue weighted by atomic mass is 16.3. The molecule has 2 heterocycles. The van der Waals surface area contributed by atoms with E-state index in [4.69, 9.17) is 9.97 Å². The van der Waals surface area contributed by atoms with Crippen molar-refractivity contribution >= 4 is 22.8 Å². The molecule has 1 amide bonds. The van der Waals surface area contributed by atoms with Gasteiger partial charge in [-0.3, -0.25) is 4.79 Å². The van der Waals surface area contributed by atoms with Gasteiger partial charge in [0.25, 0.3) is 0 Å². The second-order valence-corrected chi connectivity index (χ2v) is 11.1. The zero-order valence-corrected chi connectivity index (χ0v) is 19.2. The van der Waals surface area contributed by atoms with Gasteiger partial charge in [0.05, 0.1) is 16.8 Å². The number of benzene rings is 1. The maximum atomic E-state index is 13.2. The summed E-state index contributed by atoms with van der Waals surface area (Å²) in [6, 6.07) is 6.59. The van der Waals surface area contributed by atoms with Crippen molar-refractivity contribution in [2.24, 2.45) is 23.7 Å². The first-order valence-electron chi connectivity index (χ1n) is 12.4. The predicted octanol–water partition coefficient (Wildman–Crippen LogP) is 3.52. The number of fused-ring (bicyclic) bond motifs is 1. The van der Waals surface area contributed by atoms with Crippen LogP contribution in [-0.4, -0.2) is 45.7 Å². The number of aryl methyl sites for hydroxylation is 2. The van der Waals surface area contributed by atoms with Crippen molar-refractivity contribution in [1.29, 1.82) is 0 Å². The number of hydrogen-bond donors (Lipinski definition) is 2. The molecule has 1 aromatic carbocycles. The maximum Gasteiger partial charge on any atom is 0.226 e. The molecule has 4 saturated carbocycles. The number of rotatable bonds is 3. The lowest BCUT2D eigenvalue weighted by Gasteiger charge is -2.58. The van der Waals surface area contributed by atoms with Crippen LogP contribution in [0, 0.1) is 37.5 Å². The Morgan fingerprint density at radius 1 is 1.09 bits per heavy atom. The molecule has 0 spiro atoms. The Morgan fingerprint density at radius 2 is 1.81 bits per heavy atom. The van der Waals surface area contributed by atoms with Gasteiger partial charge in [0.1, 0.15) is 0 Å². The number of aliphatic hydroxyl groups is 1. The first-order valence-corrected chi connectivity index (χ1v) is 12.4. The molecule has 6 nitrogen and oxygen atoms in total. The van der Waals surface area contributed by atoms with Crippen molar-refractivity contribution < 1.29 is 9.90 Å². The molecule has 32 heavy (non-hydrogen) atoms. The van der Waals surface area contributed by atoms with Gasteiger partial charge in [-0.2, -0.15) is 0 Å².